The Morgan fingerprint density at radius 3 is 2.68 bits per heavy atom. The number of nitrogens with zero attached hydrogens (tertiary/aromatic N) is 2. The predicted molar refractivity (Wildman–Crippen MR) is 124 cm³/mol. The minimum Gasteiger partial charge on any atom is -0.315 e. The maximum absolute atomic E-state index is 12.9. The molecule has 31 heavy (non-hydrogen) atoms. The molecule has 156 valence electrons. The van der Waals surface area contributed by atoms with Crippen molar-refractivity contribution in [3.63, 3.8) is 0 Å². The van der Waals surface area contributed by atoms with Crippen molar-refractivity contribution in [2.45, 2.75) is 11.3 Å². The Morgan fingerprint density at radius 2 is 1.90 bits per heavy atom. The maximum atomic E-state index is 12.9. The molecule has 4 aromatic rings. The second kappa shape index (κ2) is 7.33. The summed E-state index contributed by atoms with van der Waals surface area (Å²) in [5.74, 6) is -0.0604. The number of carbonyl (C=O) groups excluding carboxylic acids is 1. The van der Waals surface area contributed by atoms with Gasteiger partial charge in [0.15, 0.2) is 0 Å². The highest BCUT2D eigenvalue weighted by atomic mass is 35.5. The van der Waals surface area contributed by atoms with Crippen molar-refractivity contribution in [2.75, 3.05) is 16.7 Å². The minimum absolute atomic E-state index is 0.0604. The van der Waals surface area contributed by atoms with Gasteiger partial charge in [0.1, 0.15) is 5.01 Å². The molecule has 0 unspecified atom stereocenters. The Morgan fingerprint density at radius 1 is 1.10 bits per heavy atom. The Labute approximate surface area is 188 Å². The van der Waals surface area contributed by atoms with Crippen LogP contribution in [0.2, 0.25) is 5.02 Å². The molecule has 0 saturated heterocycles. The SMILES string of the molecule is CN1C(=O)Cc2cc(S(=O)(=O)Nc3ccc(-c4nc5ccccc5s4)c(Cl)c3)ccc21. The number of thiazole rings is 1. The van der Waals surface area contributed by atoms with Crippen LogP contribution in [0.1, 0.15) is 5.56 Å². The second-order valence-electron chi connectivity index (χ2n) is 7.21. The molecule has 1 aliphatic rings. The highest BCUT2D eigenvalue weighted by Gasteiger charge is 2.26. The van der Waals surface area contributed by atoms with E-state index in [9.17, 15) is 13.2 Å². The quantitative estimate of drug-likeness (QED) is 0.459. The first-order valence-electron chi connectivity index (χ1n) is 9.40. The first kappa shape index (κ1) is 20.0. The third kappa shape index (κ3) is 3.56. The van der Waals surface area contributed by atoms with Crippen LogP contribution in [0.3, 0.4) is 0 Å². The maximum Gasteiger partial charge on any atom is 0.261 e. The average molecular weight is 470 g/mol. The summed E-state index contributed by atoms with van der Waals surface area (Å²) < 4.78 is 29.4. The molecule has 1 aromatic heterocycles. The largest absolute Gasteiger partial charge is 0.315 e. The Kier molecular flexibility index (Phi) is 4.73. The van der Waals surface area contributed by atoms with Crippen LogP contribution in [0.5, 0.6) is 0 Å². The van der Waals surface area contributed by atoms with Crippen molar-refractivity contribution in [3.05, 3.63) is 71.2 Å². The Balaban J connectivity index is 1.43. The fraction of sp³-hybridized carbons (Fsp3) is 0.0909. The number of hydrogen-bond acceptors (Lipinski definition) is 5. The van der Waals surface area contributed by atoms with Gasteiger partial charge in [-0.25, -0.2) is 13.4 Å². The lowest BCUT2D eigenvalue weighted by Crippen LogP contribution is -2.20. The smallest absolute Gasteiger partial charge is 0.261 e. The van der Waals surface area contributed by atoms with Crippen molar-refractivity contribution in [1.82, 2.24) is 4.98 Å². The van der Waals surface area contributed by atoms with E-state index in [0.717, 1.165) is 26.5 Å². The summed E-state index contributed by atoms with van der Waals surface area (Å²) in [4.78, 5) is 18.1. The van der Waals surface area contributed by atoms with Crippen LogP contribution in [0, 0.1) is 0 Å². The molecular formula is C22H16ClN3O3S2. The number of halogens is 1. The molecule has 6 nitrogen and oxygen atoms in total. The third-order valence-corrected chi connectivity index (χ3v) is 7.95. The van der Waals surface area contributed by atoms with E-state index in [0.29, 0.717) is 16.3 Å². The van der Waals surface area contributed by atoms with E-state index in [2.05, 4.69) is 9.71 Å². The van der Waals surface area contributed by atoms with E-state index in [-0.39, 0.29) is 17.2 Å². The first-order valence-corrected chi connectivity index (χ1v) is 12.1. The van der Waals surface area contributed by atoms with Crippen molar-refractivity contribution in [1.29, 1.82) is 0 Å². The molecule has 0 bridgehead atoms. The zero-order valence-corrected chi connectivity index (χ0v) is 18.7. The molecule has 1 aliphatic heterocycles. The third-order valence-electron chi connectivity index (χ3n) is 5.18. The number of carbonyl (C=O) groups is 1. The van der Waals surface area contributed by atoms with Gasteiger partial charge in [0.2, 0.25) is 5.91 Å². The fourth-order valence-electron chi connectivity index (χ4n) is 3.57. The van der Waals surface area contributed by atoms with Crippen LogP contribution in [0.25, 0.3) is 20.8 Å². The van der Waals surface area contributed by atoms with Gasteiger partial charge in [0, 0.05) is 18.3 Å². The molecule has 1 N–H and O–H groups in total. The average Bonchev–Trinajstić information content (AvgIpc) is 3.28. The van der Waals surface area contributed by atoms with Crippen LogP contribution in [0.15, 0.2) is 65.6 Å². The molecule has 1 amide bonds. The van der Waals surface area contributed by atoms with Gasteiger partial charge >= 0.3 is 0 Å². The summed E-state index contributed by atoms with van der Waals surface area (Å²) in [5, 5.41) is 1.17. The minimum atomic E-state index is -3.84. The number of benzene rings is 3. The highest BCUT2D eigenvalue weighted by molar-refractivity contribution is 7.92. The number of anilines is 2. The molecule has 0 aliphatic carbocycles. The zero-order chi connectivity index (χ0) is 21.8. The molecule has 0 atom stereocenters. The number of rotatable bonds is 4. The standard InChI is InChI=1S/C22H16ClN3O3S2/c1-26-19-9-7-15(10-13(19)11-21(26)27)31(28,29)25-14-6-8-16(17(23)12-14)22-24-18-4-2-3-5-20(18)30-22/h2-10,12,25H,11H2,1H3. The van der Waals surface area contributed by atoms with Crippen LogP contribution in [0.4, 0.5) is 11.4 Å². The fourth-order valence-corrected chi connectivity index (χ4v) is 6.00. The number of likely N-dealkylation sites (N-methyl/N-ethyl adjacent to an activating group) is 1. The van der Waals surface area contributed by atoms with Gasteiger partial charge in [0.05, 0.1) is 32.2 Å². The molecule has 3 aromatic carbocycles. The van der Waals surface area contributed by atoms with E-state index in [1.165, 1.54) is 28.4 Å². The normalized spacial score (nSPS) is 13.6. The summed E-state index contributed by atoms with van der Waals surface area (Å²) in [7, 11) is -2.16. The molecule has 0 radical (unpaired) electrons. The van der Waals surface area contributed by atoms with Gasteiger partial charge in [-0.2, -0.15) is 0 Å². The van der Waals surface area contributed by atoms with Crippen LogP contribution < -0.4 is 9.62 Å². The molecule has 2 heterocycles. The number of amides is 1. The molecule has 0 spiro atoms. The number of sulfonamides is 1. The Bertz CT molecular complexity index is 1430. The predicted octanol–water partition coefficient (Wildman–Crippen LogP) is 4.94. The summed E-state index contributed by atoms with van der Waals surface area (Å²) in [6.45, 7) is 0. The molecule has 0 fully saturated rings. The first-order chi connectivity index (χ1) is 14.8. The van der Waals surface area contributed by atoms with Crippen molar-refractivity contribution in [3.8, 4) is 10.6 Å². The number of para-hydroxylation sites is 1. The number of aromatic nitrogens is 1. The molecular weight excluding hydrogens is 454 g/mol. The summed E-state index contributed by atoms with van der Waals surface area (Å²) >= 11 is 7.99. The molecule has 5 rings (SSSR count). The molecule has 0 saturated carbocycles. The van der Waals surface area contributed by atoms with E-state index in [1.54, 1.807) is 31.3 Å². The van der Waals surface area contributed by atoms with E-state index < -0.39 is 10.0 Å². The summed E-state index contributed by atoms with van der Waals surface area (Å²) in [6.07, 6.45) is 0.192. The van der Waals surface area contributed by atoms with Gasteiger partial charge in [-0.15, -0.1) is 11.3 Å². The number of fused-ring (bicyclic) bond motifs is 2. The van der Waals surface area contributed by atoms with Gasteiger partial charge in [-0.3, -0.25) is 9.52 Å². The van der Waals surface area contributed by atoms with Gasteiger partial charge < -0.3 is 4.90 Å². The topological polar surface area (TPSA) is 79.4 Å². The molecule has 9 heteroatoms. The van der Waals surface area contributed by atoms with Gasteiger partial charge in [-0.05, 0) is 54.1 Å². The van der Waals surface area contributed by atoms with Crippen LogP contribution in [-0.4, -0.2) is 26.4 Å². The van der Waals surface area contributed by atoms with Crippen molar-refractivity contribution in [2.24, 2.45) is 0 Å². The van der Waals surface area contributed by atoms with Crippen molar-refractivity contribution >= 4 is 60.5 Å². The summed E-state index contributed by atoms with van der Waals surface area (Å²) in [6, 6.07) is 17.5. The van der Waals surface area contributed by atoms with Crippen LogP contribution in [-0.2, 0) is 21.2 Å². The van der Waals surface area contributed by atoms with E-state index in [1.807, 2.05) is 24.3 Å². The van der Waals surface area contributed by atoms with Gasteiger partial charge in [0.25, 0.3) is 10.0 Å². The lowest BCUT2D eigenvalue weighted by atomic mass is 10.2. The van der Waals surface area contributed by atoms with Crippen molar-refractivity contribution < 1.29 is 13.2 Å². The Hall–Kier alpha value is -2.94. The number of hydrogen-bond donors (Lipinski definition) is 1. The van der Waals surface area contributed by atoms with Crippen LogP contribution >= 0.6 is 22.9 Å². The van der Waals surface area contributed by atoms with Gasteiger partial charge in [-0.1, -0.05) is 23.7 Å². The van der Waals surface area contributed by atoms with E-state index >= 15 is 0 Å². The second-order valence-corrected chi connectivity index (χ2v) is 10.3. The highest BCUT2D eigenvalue weighted by Crippen LogP contribution is 2.36. The lowest BCUT2D eigenvalue weighted by Gasteiger charge is -2.12. The van der Waals surface area contributed by atoms with E-state index in [4.69, 9.17) is 11.6 Å². The monoisotopic (exact) mass is 469 g/mol. The summed E-state index contributed by atoms with van der Waals surface area (Å²) in [5.41, 5.74) is 3.41. The number of nitrogens with one attached hydrogen (secondary N) is 1. The lowest BCUT2D eigenvalue weighted by molar-refractivity contribution is -0.117. The zero-order valence-electron chi connectivity index (χ0n) is 16.3.